The molecule has 1 aromatic heterocycles. The number of unbranched alkanes of at least 4 members (excludes halogenated alkanes) is 7. The van der Waals surface area contributed by atoms with Crippen LogP contribution in [0.5, 0.6) is 0 Å². The molecule has 7 amide bonds. The van der Waals surface area contributed by atoms with Crippen LogP contribution in [-0.2, 0) is 86.5 Å². The molecule has 22 nitrogen and oxygen atoms in total. The lowest BCUT2D eigenvalue weighted by Gasteiger charge is -2.14. The first kappa shape index (κ1) is 66.3. The molecule has 1 fully saturated rings. The van der Waals surface area contributed by atoms with Crippen LogP contribution in [-0.4, -0.2) is 155 Å². The number of ketones is 2. The highest BCUT2D eigenvalue weighted by Crippen LogP contribution is 2.32. The van der Waals surface area contributed by atoms with Gasteiger partial charge in [-0.15, -0.1) is 16.9 Å². The first-order valence-electron chi connectivity index (χ1n) is 28.8. The minimum absolute atomic E-state index is 0.0176. The number of rotatable bonds is 47. The van der Waals surface area contributed by atoms with E-state index < -0.39 is 5.25 Å². The molecule has 2 aromatic carbocycles. The Kier molecular flexibility index (Phi) is 32.2. The summed E-state index contributed by atoms with van der Waals surface area (Å²) in [5.74, 6) is -1.11. The third kappa shape index (κ3) is 28.0. The first-order valence-corrected chi connectivity index (χ1v) is 29.7. The summed E-state index contributed by atoms with van der Waals surface area (Å²) in [5.41, 5.74) is 4.86. The quantitative estimate of drug-likeness (QED) is 0.0323. The molecule has 0 aliphatic carbocycles. The number of hydrogen-bond acceptors (Lipinski definition) is 17. The van der Waals surface area contributed by atoms with Crippen molar-refractivity contribution >= 4 is 70.4 Å². The van der Waals surface area contributed by atoms with Crippen LogP contribution in [0.2, 0.25) is 0 Å². The first-order chi connectivity index (χ1) is 39.9. The zero-order chi connectivity index (χ0) is 58.4. The number of para-hydroxylation sites is 1. The highest BCUT2D eigenvalue weighted by molar-refractivity contribution is 8.00. The van der Waals surface area contributed by atoms with Gasteiger partial charge in [0.2, 0.25) is 29.5 Å². The third-order valence-corrected chi connectivity index (χ3v) is 14.5. The van der Waals surface area contributed by atoms with E-state index in [1.54, 1.807) is 4.68 Å². The molecule has 2 aliphatic heterocycles. The van der Waals surface area contributed by atoms with Crippen molar-refractivity contribution in [2.75, 3.05) is 77.8 Å². The topological polar surface area (TPSA) is 273 Å². The smallest absolute Gasteiger partial charge is 0.253 e. The van der Waals surface area contributed by atoms with E-state index in [0.29, 0.717) is 149 Å². The van der Waals surface area contributed by atoms with Gasteiger partial charge in [-0.2, -0.15) is 0 Å². The minimum Gasteiger partial charge on any atom is -0.379 e. The van der Waals surface area contributed by atoms with E-state index in [9.17, 15) is 43.2 Å². The Labute approximate surface area is 484 Å². The summed E-state index contributed by atoms with van der Waals surface area (Å²) in [5, 5.41) is 13.7. The molecule has 448 valence electrons. The molecule has 1 saturated heterocycles. The maximum Gasteiger partial charge on any atom is 0.253 e. The number of anilines is 1. The number of amides is 7. The normalized spacial score (nSPS) is 14.1. The van der Waals surface area contributed by atoms with Crippen molar-refractivity contribution in [3.8, 4) is 0 Å². The average Bonchev–Trinajstić information content (AvgIpc) is 4.20. The maximum atomic E-state index is 13.2. The second-order valence-corrected chi connectivity index (χ2v) is 21.2. The number of nitrogens with zero attached hydrogens (tertiary/aromatic N) is 5. The lowest BCUT2D eigenvalue weighted by molar-refractivity contribution is -0.139. The van der Waals surface area contributed by atoms with Crippen LogP contribution in [0, 0.1) is 0 Å². The molecule has 82 heavy (non-hydrogen) atoms. The van der Waals surface area contributed by atoms with Gasteiger partial charge in [0.25, 0.3) is 11.8 Å². The van der Waals surface area contributed by atoms with Crippen LogP contribution in [0.1, 0.15) is 133 Å². The number of benzene rings is 2. The molecule has 0 saturated carbocycles. The highest BCUT2D eigenvalue weighted by atomic mass is 32.2. The van der Waals surface area contributed by atoms with Gasteiger partial charge in [0.15, 0.2) is 0 Å². The number of thioether (sulfide) groups is 1. The number of aromatic nitrogens is 3. The zero-order valence-electron chi connectivity index (χ0n) is 47.2. The summed E-state index contributed by atoms with van der Waals surface area (Å²) in [6, 6.07) is 16.8. The molecule has 1 atom stereocenters. The molecule has 2 aliphatic rings. The predicted molar refractivity (Wildman–Crippen MR) is 304 cm³/mol. The number of ether oxygens (including phenoxy) is 4. The molecule has 5 rings (SSSR count). The summed E-state index contributed by atoms with van der Waals surface area (Å²) in [6.45, 7) is 4.56. The number of likely N-dealkylation sites (tertiary alicyclic amines) is 1. The van der Waals surface area contributed by atoms with Crippen LogP contribution >= 0.6 is 11.8 Å². The van der Waals surface area contributed by atoms with Gasteiger partial charge < -0.3 is 29.6 Å². The van der Waals surface area contributed by atoms with Crippen LogP contribution in [0.3, 0.4) is 0 Å². The number of Topliss-reactive ketones (excluding diaryl/α,β-unsaturated/α-hetero) is 2. The number of nitrogens with one attached hydrogen (secondary N) is 3. The van der Waals surface area contributed by atoms with Crippen molar-refractivity contribution in [3.05, 3.63) is 84.2 Å². The van der Waals surface area contributed by atoms with Crippen LogP contribution in [0.4, 0.5) is 5.69 Å². The lowest BCUT2D eigenvalue weighted by Crippen LogP contribution is -2.33. The molecule has 3 heterocycles. The lowest BCUT2D eigenvalue weighted by atomic mass is 10.1. The third-order valence-electron chi connectivity index (χ3n) is 13.3. The fraction of sp³-hybridized carbons (Fsp3) is 0.576. The Morgan fingerprint density at radius 1 is 0.561 bits per heavy atom. The summed E-state index contributed by atoms with van der Waals surface area (Å²) >= 11 is 1.35. The number of carbonyl (C=O) groups excluding carboxylic acids is 9. The van der Waals surface area contributed by atoms with Gasteiger partial charge >= 0.3 is 0 Å². The largest absolute Gasteiger partial charge is 0.379 e. The van der Waals surface area contributed by atoms with E-state index in [-0.39, 0.29) is 79.1 Å². The van der Waals surface area contributed by atoms with Gasteiger partial charge in [-0.3, -0.25) is 62.5 Å². The van der Waals surface area contributed by atoms with E-state index in [4.69, 9.17) is 23.8 Å². The Bertz CT molecular complexity index is 2480. The van der Waals surface area contributed by atoms with Crippen molar-refractivity contribution < 1.29 is 66.9 Å². The second-order valence-electron chi connectivity index (χ2n) is 20.0. The van der Waals surface area contributed by atoms with E-state index in [1.165, 1.54) is 28.8 Å². The Morgan fingerprint density at radius 2 is 1.15 bits per heavy atom. The zero-order valence-corrected chi connectivity index (χ0v) is 48.0. The van der Waals surface area contributed by atoms with Crippen molar-refractivity contribution in [2.45, 2.75) is 152 Å². The van der Waals surface area contributed by atoms with E-state index in [0.717, 1.165) is 65.3 Å². The molecule has 0 bridgehead atoms. The van der Waals surface area contributed by atoms with E-state index >= 15 is 0 Å². The average molecular weight is 1160 g/mol. The van der Waals surface area contributed by atoms with E-state index in [2.05, 4.69) is 26.4 Å². The molecular formula is C59H82N8O14S. The Balaban J connectivity index is 0.765. The summed E-state index contributed by atoms with van der Waals surface area (Å²) in [7, 11) is 0. The van der Waals surface area contributed by atoms with Gasteiger partial charge in [0.05, 0.1) is 77.0 Å². The molecule has 3 N–H and O–H groups in total. The minimum atomic E-state index is -0.500. The van der Waals surface area contributed by atoms with Crippen molar-refractivity contribution in [1.82, 2.24) is 35.6 Å². The highest BCUT2D eigenvalue weighted by Gasteiger charge is 2.38. The number of aryl methyl sites for hydroxylation is 2. The predicted octanol–water partition coefficient (Wildman–Crippen LogP) is 6.19. The number of hydroxylamine groups is 1. The Morgan fingerprint density at radius 3 is 1.84 bits per heavy atom. The summed E-state index contributed by atoms with van der Waals surface area (Å²) < 4.78 is 23.5. The fourth-order valence-corrected chi connectivity index (χ4v) is 9.75. The molecule has 3 aromatic rings. The number of carbonyl (C=O) groups is 9. The van der Waals surface area contributed by atoms with Gasteiger partial charge in [-0.05, 0) is 81.2 Å². The van der Waals surface area contributed by atoms with Crippen LogP contribution < -0.4 is 16.1 Å². The fourth-order valence-electron chi connectivity index (χ4n) is 8.67. The molecule has 1 unspecified atom stereocenters. The van der Waals surface area contributed by atoms with E-state index in [1.807, 2.05) is 60.8 Å². The molecular weight excluding hydrogens is 1080 g/mol. The number of imide groups is 2. The van der Waals surface area contributed by atoms with Gasteiger partial charge in [0, 0.05) is 99.9 Å². The maximum absolute atomic E-state index is 13.2. The second kappa shape index (κ2) is 39.8. The van der Waals surface area contributed by atoms with Crippen molar-refractivity contribution in [1.29, 1.82) is 0 Å². The van der Waals surface area contributed by atoms with Crippen molar-refractivity contribution in [2.24, 2.45) is 0 Å². The molecule has 0 spiro atoms. The SMILES string of the molecule is O=C(CCCNC(=O)CCCCCn1cc(CCC(=O)CCCCCN2C(=O)CC(Sc3ccc(CONC(=O)CCCCCCC(=O)Nc4ccccc4)cc3)C2=O)nn1)CCOCCOCCOCCOCCN1C(=O)C=CC1=O. The standard InChI is InChI=1S/C59H82N8O14S/c68-49(17-8-4-13-33-67-58(75)43-52(59(67)76)82-51-26-22-46(23-27-51)45-81-63-55(72)21-10-2-1-9-20-54(71)61-47-15-6-3-7-16-47)25-24-48-44-65(64-62-48)32-12-5-11-19-53(70)60-31-14-18-50(69)30-35-77-37-39-79-41-42-80-40-38-78-36-34-66-56(73)28-29-57(66)74/h3,6-7,15-16,22-23,26-29,44,52H,1-2,4-5,8-14,17-21,24-25,30-43,45H2,(H,60,70)(H,61,71)(H,63,72). The summed E-state index contributed by atoms with van der Waals surface area (Å²) in [6.07, 6.45) is 15.7. The van der Waals surface area contributed by atoms with Gasteiger partial charge in [-0.25, -0.2) is 5.48 Å². The van der Waals surface area contributed by atoms with Crippen molar-refractivity contribution in [3.63, 3.8) is 0 Å². The molecule has 0 radical (unpaired) electrons. The van der Waals surface area contributed by atoms with Crippen LogP contribution in [0.15, 0.2) is 77.8 Å². The molecule has 23 heteroatoms. The number of hydrogen-bond donors (Lipinski definition) is 3. The Hall–Kier alpha value is -6.50. The van der Waals surface area contributed by atoms with Gasteiger partial charge in [-0.1, -0.05) is 61.2 Å². The summed E-state index contributed by atoms with van der Waals surface area (Å²) in [4.78, 5) is 119. The van der Waals surface area contributed by atoms with Crippen LogP contribution in [0.25, 0.3) is 0 Å². The van der Waals surface area contributed by atoms with Gasteiger partial charge in [0.1, 0.15) is 11.6 Å². The monoisotopic (exact) mass is 1160 g/mol.